The fourth-order valence-electron chi connectivity index (χ4n) is 4.35. The van der Waals surface area contributed by atoms with Crippen molar-refractivity contribution in [3.63, 3.8) is 0 Å². The van der Waals surface area contributed by atoms with E-state index in [1.165, 1.54) is 12.1 Å². The molecule has 0 spiro atoms. The van der Waals surface area contributed by atoms with E-state index in [9.17, 15) is 22.8 Å². The van der Waals surface area contributed by atoms with Crippen molar-refractivity contribution in [2.75, 3.05) is 5.32 Å². The summed E-state index contributed by atoms with van der Waals surface area (Å²) in [5.41, 5.74) is 3.32. The van der Waals surface area contributed by atoms with Gasteiger partial charge < -0.3 is 9.88 Å². The van der Waals surface area contributed by atoms with Crippen LogP contribution in [0.15, 0.2) is 95.9 Å². The molecular formula is C30H22F3N3O2. The summed E-state index contributed by atoms with van der Waals surface area (Å²) in [6.45, 7) is 1.84. The average molecular weight is 514 g/mol. The number of carbonyl (C=O) groups excluding carboxylic acids is 1. The van der Waals surface area contributed by atoms with Crippen molar-refractivity contribution in [2.24, 2.45) is 7.05 Å². The number of carbonyl (C=O) groups is 1. The molecule has 3 aromatic carbocycles. The number of nitrogens with zero attached hydrogens (tertiary/aromatic N) is 2. The molecular weight excluding hydrogens is 491 g/mol. The molecule has 0 aliphatic rings. The Bertz CT molecular complexity index is 1740. The third-order valence-electron chi connectivity index (χ3n) is 6.42. The zero-order valence-corrected chi connectivity index (χ0v) is 20.5. The number of anilines is 1. The van der Waals surface area contributed by atoms with Crippen LogP contribution in [-0.2, 0) is 13.2 Å². The molecule has 2 heterocycles. The number of aromatic nitrogens is 2. The van der Waals surface area contributed by atoms with Crippen molar-refractivity contribution in [2.45, 2.75) is 13.1 Å². The normalized spacial score (nSPS) is 11.5. The van der Waals surface area contributed by atoms with Gasteiger partial charge in [-0.15, -0.1) is 0 Å². The molecule has 38 heavy (non-hydrogen) atoms. The number of benzene rings is 3. The van der Waals surface area contributed by atoms with E-state index in [-0.39, 0.29) is 11.1 Å². The van der Waals surface area contributed by atoms with Gasteiger partial charge in [-0.3, -0.25) is 14.6 Å². The molecule has 0 saturated heterocycles. The minimum atomic E-state index is -4.56. The highest BCUT2D eigenvalue weighted by Gasteiger charge is 2.31. The first-order valence-electron chi connectivity index (χ1n) is 11.8. The number of hydrogen-bond donors (Lipinski definition) is 1. The van der Waals surface area contributed by atoms with Crippen LogP contribution in [0.2, 0.25) is 0 Å². The maximum Gasteiger partial charge on any atom is 0.416 e. The average Bonchev–Trinajstić information content (AvgIpc) is 2.92. The van der Waals surface area contributed by atoms with Crippen LogP contribution in [-0.4, -0.2) is 15.5 Å². The smallest absolute Gasteiger partial charge is 0.322 e. The predicted octanol–water partition coefficient (Wildman–Crippen LogP) is 6.85. The summed E-state index contributed by atoms with van der Waals surface area (Å²) in [7, 11) is 1.69. The fraction of sp³-hybridized carbons (Fsp3) is 0.100. The molecule has 0 atom stereocenters. The van der Waals surface area contributed by atoms with E-state index < -0.39 is 17.6 Å². The third-order valence-corrected chi connectivity index (χ3v) is 6.42. The van der Waals surface area contributed by atoms with Crippen LogP contribution < -0.4 is 10.9 Å². The summed E-state index contributed by atoms with van der Waals surface area (Å²) in [4.78, 5) is 30.7. The maximum absolute atomic E-state index is 13.4. The van der Waals surface area contributed by atoms with Crippen LogP contribution in [0.3, 0.4) is 0 Å². The van der Waals surface area contributed by atoms with Crippen molar-refractivity contribution >= 4 is 22.5 Å². The van der Waals surface area contributed by atoms with Gasteiger partial charge in [0, 0.05) is 41.0 Å². The van der Waals surface area contributed by atoms with Gasteiger partial charge in [-0.05, 0) is 60.5 Å². The van der Waals surface area contributed by atoms with Crippen molar-refractivity contribution in [3.05, 3.63) is 118 Å². The molecule has 5 rings (SSSR count). The van der Waals surface area contributed by atoms with Gasteiger partial charge in [-0.2, -0.15) is 13.2 Å². The third kappa shape index (κ3) is 4.80. The van der Waals surface area contributed by atoms with Gasteiger partial charge in [0.05, 0.1) is 16.8 Å². The second kappa shape index (κ2) is 9.63. The van der Waals surface area contributed by atoms with Crippen LogP contribution in [0.5, 0.6) is 0 Å². The van der Waals surface area contributed by atoms with Gasteiger partial charge in [-0.1, -0.05) is 42.5 Å². The number of halogens is 3. The highest BCUT2D eigenvalue weighted by atomic mass is 19.4. The Kier molecular flexibility index (Phi) is 6.32. The minimum absolute atomic E-state index is 0.121. The summed E-state index contributed by atoms with van der Waals surface area (Å²) >= 11 is 0. The standard InChI is InChI=1S/C30H22F3N3O2/c1-18-11-12-23(35-28(37)20-9-6-10-22(13-20)30(31,32)33)15-24(18)25-14-21-17-34-26(19-7-4-3-5-8-19)16-27(21)36(2)29(25)38/h3-17H,1-2H3,(H,35,37). The van der Waals surface area contributed by atoms with E-state index in [0.29, 0.717) is 16.8 Å². The first-order valence-corrected chi connectivity index (χ1v) is 11.8. The van der Waals surface area contributed by atoms with E-state index in [4.69, 9.17) is 0 Å². The second-order valence-electron chi connectivity index (χ2n) is 8.98. The first-order chi connectivity index (χ1) is 18.1. The highest BCUT2D eigenvalue weighted by Crippen LogP contribution is 2.31. The van der Waals surface area contributed by atoms with E-state index in [0.717, 1.165) is 39.9 Å². The summed E-state index contributed by atoms with van der Waals surface area (Å²) < 4.78 is 40.8. The van der Waals surface area contributed by atoms with Gasteiger partial charge in [0.2, 0.25) is 0 Å². The quantitative estimate of drug-likeness (QED) is 0.286. The van der Waals surface area contributed by atoms with Crippen LogP contribution in [0.25, 0.3) is 33.3 Å². The molecule has 1 N–H and O–H groups in total. The Labute approximate surface area is 216 Å². The van der Waals surface area contributed by atoms with Crippen LogP contribution in [0.4, 0.5) is 18.9 Å². The summed E-state index contributed by atoms with van der Waals surface area (Å²) in [5.74, 6) is -0.685. The highest BCUT2D eigenvalue weighted by molar-refractivity contribution is 6.04. The number of rotatable bonds is 4. The van der Waals surface area contributed by atoms with E-state index in [1.54, 1.807) is 42.1 Å². The van der Waals surface area contributed by atoms with Crippen molar-refractivity contribution in [3.8, 4) is 22.4 Å². The molecule has 0 radical (unpaired) electrons. The van der Waals surface area contributed by atoms with Crippen molar-refractivity contribution in [1.29, 1.82) is 0 Å². The lowest BCUT2D eigenvalue weighted by Gasteiger charge is -2.14. The monoisotopic (exact) mass is 513 g/mol. The molecule has 0 bridgehead atoms. The Balaban J connectivity index is 1.51. The number of pyridine rings is 2. The Morgan fingerprint density at radius 2 is 1.66 bits per heavy atom. The van der Waals surface area contributed by atoms with E-state index >= 15 is 0 Å². The fourth-order valence-corrected chi connectivity index (χ4v) is 4.35. The molecule has 0 aliphatic heterocycles. The van der Waals surface area contributed by atoms with Crippen molar-refractivity contribution < 1.29 is 18.0 Å². The zero-order chi connectivity index (χ0) is 27.0. The molecule has 190 valence electrons. The summed E-state index contributed by atoms with van der Waals surface area (Å²) in [5, 5.41) is 3.41. The summed E-state index contributed by atoms with van der Waals surface area (Å²) in [6.07, 6.45) is -2.84. The molecule has 5 nitrogen and oxygen atoms in total. The number of fused-ring (bicyclic) bond motifs is 1. The number of aryl methyl sites for hydroxylation is 2. The molecule has 0 unspecified atom stereocenters. The number of amides is 1. The number of hydrogen-bond acceptors (Lipinski definition) is 3. The van der Waals surface area contributed by atoms with Gasteiger partial charge in [-0.25, -0.2) is 0 Å². The molecule has 1 amide bonds. The van der Waals surface area contributed by atoms with Gasteiger partial charge >= 0.3 is 6.18 Å². The van der Waals surface area contributed by atoms with E-state index in [1.807, 2.05) is 43.3 Å². The molecule has 2 aromatic heterocycles. The SMILES string of the molecule is Cc1ccc(NC(=O)c2cccc(C(F)(F)F)c2)cc1-c1cc2cnc(-c3ccccc3)cc2n(C)c1=O. The molecule has 0 aliphatic carbocycles. The van der Waals surface area contributed by atoms with E-state index in [2.05, 4.69) is 10.3 Å². The zero-order valence-electron chi connectivity index (χ0n) is 20.5. The Morgan fingerprint density at radius 3 is 2.39 bits per heavy atom. The first kappa shape index (κ1) is 25.0. The lowest BCUT2D eigenvalue weighted by molar-refractivity contribution is -0.137. The maximum atomic E-state index is 13.4. The van der Waals surface area contributed by atoms with Crippen LogP contribution >= 0.6 is 0 Å². The lowest BCUT2D eigenvalue weighted by Crippen LogP contribution is -2.19. The van der Waals surface area contributed by atoms with Crippen LogP contribution in [0.1, 0.15) is 21.5 Å². The van der Waals surface area contributed by atoms with Gasteiger partial charge in [0.1, 0.15) is 0 Å². The molecule has 8 heteroatoms. The molecule has 0 saturated carbocycles. The minimum Gasteiger partial charge on any atom is -0.322 e. The lowest BCUT2D eigenvalue weighted by atomic mass is 9.99. The summed E-state index contributed by atoms with van der Waals surface area (Å²) in [6, 6.07) is 22.6. The predicted molar refractivity (Wildman–Crippen MR) is 142 cm³/mol. The Hall–Kier alpha value is -4.72. The number of alkyl halides is 3. The largest absolute Gasteiger partial charge is 0.416 e. The molecule has 5 aromatic rings. The van der Waals surface area contributed by atoms with Gasteiger partial charge in [0.15, 0.2) is 0 Å². The topological polar surface area (TPSA) is 64.0 Å². The van der Waals surface area contributed by atoms with Crippen LogP contribution in [0, 0.1) is 6.92 Å². The van der Waals surface area contributed by atoms with Crippen molar-refractivity contribution in [1.82, 2.24) is 9.55 Å². The second-order valence-corrected chi connectivity index (χ2v) is 8.98. The van der Waals surface area contributed by atoms with Gasteiger partial charge in [0.25, 0.3) is 11.5 Å². The molecule has 0 fully saturated rings. The number of nitrogens with one attached hydrogen (secondary N) is 1. The Morgan fingerprint density at radius 1 is 0.895 bits per heavy atom.